The highest BCUT2D eigenvalue weighted by atomic mass is 16.5. The van der Waals surface area contributed by atoms with Crippen LogP contribution in [0.3, 0.4) is 0 Å². The van der Waals surface area contributed by atoms with Crippen LogP contribution in [0.5, 0.6) is 17.2 Å². The number of ether oxygens (including phenoxy) is 4. The lowest BCUT2D eigenvalue weighted by Gasteiger charge is -2.21. The van der Waals surface area contributed by atoms with Gasteiger partial charge in [0.25, 0.3) is 0 Å². The summed E-state index contributed by atoms with van der Waals surface area (Å²) in [5.41, 5.74) is 0.649. The Morgan fingerprint density at radius 2 is 1.62 bits per heavy atom. The fourth-order valence-electron chi connectivity index (χ4n) is 2.01. The molecule has 0 fully saturated rings. The zero-order valence-corrected chi connectivity index (χ0v) is 13.2. The third-order valence-corrected chi connectivity index (χ3v) is 3.08. The van der Waals surface area contributed by atoms with E-state index in [1.807, 2.05) is 6.92 Å². The summed E-state index contributed by atoms with van der Waals surface area (Å²) in [5, 5.41) is 3.15. The molecule has 0 aliphatic heterocycles. The molecule has 0 heterocycles. The second-order valence-corrected chi connectivity index (χ2v) is 4.36. The minimum atomic E-state index is -0.621. The molecule has 1 aromatic carbocycles. The lowest BCUT2D eigenvalue weighted by Crippen LogP contribution is -2.30. The van der Waals surface area contributed by atoms with Gasteiger partial charge in [0, 0.05) is 11.6 Å². The summed E-state index contributed by atoms with van der Waals surface area (Å²) in [7, 11) is 5.99. The Kier molecular flexibility index (Phi) is 6.81. The van der Waals surface area contributed by atoms with E-state index in [-0.39, 0.29) is 5.97 Å². The number of nitrogens with one attached hydrogen (secondary N) is 1. The van der Waals surface area contributed by atoms with E-state index < -0.39 is 6.04 Å². The molecule has 0 amide bonds. The third kappa shape index (κ3) is 4.01. The Hall–Kier alpha value is -1.95. The molecule has 118 valence electrons. The van der Waals surface area contributed by atoms with Gasteiger partial charge in [0.15, 0.2) is 11.5 Å². The van der Waals surface area contributed by atoms with Gasteiger partial charge in [0.2, 0.25) is 0 Å². The first-order valence-corrected chi connectivity index (χ1v) is 6.74. The van der Waals surface area contributed by atoms with Gasteiger partial charge < -0.3 is 24.3 Å². The van der Waals surface area contributed by atoms with Gasteiger partial charge in [-0.05, 0) is 19.0 Å². The zero-order valence-electron chi connectivity index (χ0n) is 13.2. The normalized spacial score (nSPS) is 11.7. The molecule has 1 unspecified atom stereocenters. The Bertz CT molecular complexity index is 475. The maximum Gasteiger partial charge on any atom is 0.327 e. The first-order chi connectivity index (χ1) is 10.1. The predicted octanol–water partition coefficient (Wildman–Crippen LogP) is 1.93. The minimum Gasteiger partial charge on any atom is -0.496 e. The summed E-state index contributed by atoms with van der Waals surface area (Å²) >= 11 is 0. The van der Waals surface area contributed by atoms with Crippen molar-refractivity contribution >= 4 is 5.97 Å². The second-order valence-electron chi connectivity index (χ2n) is 4.36. The van der Waals surface area contributed by atoms with Crippen LogP contribution in [0.25, 0.3) is 0 Å². The van der Waals surface area contributed by atoms with E-state index in [2.05, 4.69) is 5.32 Å². The molecule has 6 nitrogen and oxygen atoms in total. The smallest absolute Gasteiger partial charge is 0.327 e. The average Bonchev–Trinajstić information content (AvgIpc) is 2.53. The van der Waals surface area contributed by atoms with Crippen LogP contribution in [0.15, 0.2) is 12.1 Å². The highest BCUT2D eigenvalue weighted by molar-refractivity contribution is 5.79. The first-order valence-electron chi connectivity index (χ1n) is 6.74. The molecular formula is C15H23NO5. The van der Waals surface area contributed by atoms with Gasteiger partial charge in [-0.15, -0.1) is 0 Å². The highest BCUT2D eigenvalue weighted by Crippen LogP contribution is 2.37. The maximum absolute atomic E-state index is 12.0. The fourth-order valence-corrected chi connectivity index (χ4v) is 2.01. The van der Waals surface area contributed by atoms with Gasteiger partial charge in [-0.3, -0.25) is 0 Å². The molecule has 0 bridgehead atoms. The van der Waals surface area contributed by atoms with E-state index in [1.54, 1.807) is 33.5 Å². The van der Waals surface area contributed by atoms with Gasteiger partial charge in [-0.25, -0.2) is 4.79 Å². The second kappa shape index (κ2) is 8.36. The Labute approximate surface area is 125 Å². The molecule has 0 spiro atoms. The number of esters is 1. The molecule has 0 aliphatic carbocycles. The molecule has 0 aromatic heterocycles. The van der Waals surface area contributed by atoms with E-state index in [0.29, 0.717) is 29.4 Å². The number of carbonyl (C=O) groups is 1. The summed E-state index contributed by atoms with van der Waals surface area (Å²) in [4.78, 5) is 12.0. The molecule has 1 rings (SSSR count). The fraction of sp³-hybridized carbons (Fsp3) is 0.533. The Morgan fingerprint density at radius 1 is 1.05 bits per heavy atom. The average molecular weight is 297 g/mol. The van der Waals surface area contributed by atoms with E-state index in [4.69, 9.17) is 18.9 Å². The van der Waals surface area contributed by atoms with Crippen LogP contribution in [0.1, 0.15) is 24.9 Å². The topological polar surface area (TPSA) is 66.0 Å². The number of methoxy groups -OCH3 is 4. The summed E-state index contributed by atoms with van der Waals surface area (Å²) in [6.07, 6.45) is 0.892. The summed E-state index contributed by atoms with van der Waals surface area (Å²) in [6.45, 7) is 2.70. The van der Waals surface area contributed by atoms with Crippen LogP contribution in [0.2, 0.25) is 0 Å². The molecule has 1 atom stereocenters. The van der Waals surface area contributed by atoms with Crippen LogP contribution >= 0.6 is 0 Å². The highest BCUT2D eigenvalue weighted by Gasteiger charge is 2.26. The van der Waals surface area contributed by atoms with E-state index in [9.17, 15) is 4.79 Å². The lowest BCUT2D eigenvalue weighted by atomic mass is 10.0. The minimum absolute atomic E-state index is 0.381. The SMILES string of the molecule is CCCNC(C(=O)OC)c1cc(OC)c(OC)cc1OC. The molecule has 0 radical (unpaired) electrons. The number of carbonyl (C=O) groups excluding carboxylic acids is 1. The monoisotopic (exact) mass is 297 g/mol. The third-order valence-electron chi connectivity index (χ3n) is 3.08. The summed E-state index contributed by atoms with van der Waals surface area (Å²) in [6, 6.07) is 2.80. The van der Waals surface area contributed by atoms with Crippen molar-refractivity contribution in [2.24, 2.45) is 0 Å². The van der Waals surface area contributed by atoms with Crippen molar-refractivity contribution in [3.63, 3.8) is 0 Å². The molecular weight excluding hydrogens is 274 g/mol. The van der Waals surface area contributed by atoms with Crippen molar-refractivity contribution in [2.75, 3.05) is 35.0 Å². The van der Waals surface area contributed by atoms with Gasteiger partial charge in [0.1, 0.15) is 11.8 Å². The van der Waals surface area contributed by atoms with Crippen LogP contribution in [-0.4, -0.2) is 41.0 Å². The van der Waals surface area contributed by atoms with Crippen molar-refractivity contribution in [1.29, 1.82) is 0 Å². The van der Waals surface area contributed by atoms with Crippen molar-refractivity contribution in [1.82, 2.24) is 5.32 Å². The van der Waals surface area contributed by atoms with Crippen LogP contribution < -0.4 is 19.5 Å². The van der Waals surface area contributed by atoms with Crippen molar-refractivity contribution in [2.45, 2.75) is 19.4 Å². The van der Waals surface area contributed by atoms with Gasteiger partial charge in [-0.2, -0.15) is 0 Å². The molecule has 1 N–H and O–H groups in total. The predicted molar refractivity (Wildman–Crippen MR) is 79.1 cm³/mol. The van der Waals surface area contributed by atoms with Gasteiger partial charge >= 0.3 is 5.97 Å². The molecule has 0 aliphatic rings. The first kappa shape index (κ1) is 17.1. The molecule has 21 heavy (non-hydrogen) atoms. The molecule has 0 saturated heterocycles. The zero-order chi connectivity index (χ0) is 15.8. The van der Waals surface area contributed by atoms with Crippen LogP contribution in [0, 0.1) is 0 Å². The van der Waals surface area contributed by atoms with Gasteiger partial charge in [0.05, 0.1) is 28.4 Å². The van der Waals surface area contributed by atoms with Crippen molar-refractivity contribution < 1.29 is 23.7 Å². The van der Waals surface area contributed by atoms with Crippen molar-refractivity contribution in [3.05, 3.63) is 17.7 Å². The van der Waals surface area contributed by atoms with E-state index in [1.165, 1.54) is 7.11 Å². The molecule has 6 heteroatoms. The Balaban J connectivity index is 3.30. The Morgan fingerprint density at radius 3 is 2.10 bits per heavy atom. The lowest BCUT2D eigenvalue weighted by molar-refractivity contribution is -0.143. The number of rotatable bonds is 8. The van der Waals surface area contributed by atoms with E-state index in [0.717, 1.165) is 6.42 Å². The quantitative estimate of drug-likeness (QED) is 0.740. The summed E-state index contributed by atoms with van der Waals surface area (Å²) in [5.74, 6) is 1.22. The standard InChI is InChI=1S/C15H23NO5/c1-6-7-16-14(15(17)21-5)10-8-12(19-3)13(20-4)9-11(10)18-2/h8-9,14,16H,6-7H2,1-5H3. The van der Waals surface area contributed by atoms with Gasteiger partial charge in [-0.1, -0.05) is 6.92 Å². The number of hydrogen-bond acceptors (Lipinski definition) is 6. The molecule has 0 saturated carbocycles. The van der Waals surface area contributed by atoms with Crippen molar-refractivity contribution in [3.8, 4) is 17.2 Å². The number of hydrogen-bond donors (Lipinski definition) is 1. The molecule has 1 aromatic rings. The summed E-state index contributed by atoms with van der Waals surface area (Å²) < 4.78 is 20.7. The number of benzene rings is 1. The largest absolute Gasteiger partial charge is 0.496 e. The maximum atomic E-state index is 12.0. The van der Waals surface area contributed by atoms with Crippen LogP contribution in [0.4, 0.5) is 0 Å². The van der Waals surface area contributed by atoms with Crippen LogP contribution in [-0.2, 0) is 9.53 Å². The van der Waals surface area contributed by atoms with E-state index >= 15 is 0 Å².